The van der Waals surface area contributed by atoms with Crippen LogP contribution in [0.1, 0.15) is 37.3 Å². The summed E-state index contributed by atoms with van der Waals surface area (Å²) in [5.41, 5.74) is 1.27. The van der Waals surface area contributed by atoms with Crippen molar-refractivity contribution in [3.8, 4) is 0 Å². The van der Waals surface area contributed by atoms with Crippen LogP contribution in [0.15, 0.2) is 12.3 Å². The highest BCUT2D eigenvalue weighted by Crippen LogP contribution is 2.31. The summed E-state index contributed by atoms with van der Waals surface area (Å²) in [6.45, 7) is 0. The number of rotatable bonds is 2. The average molecular weight is 193 g/mol. The third-order valence-corrected chi connectivity index (χ3v) is 3.23. The summed E-state index contributed by atoms with van der Waals surface area (Å²) < 4.78 is 1.90. The summed E-state index contributed by atoms with van der Waals surface area (Å²) in [6, 6.07) is 2.85. The van der Waals surface area contributed by atoms with Crippen molar-refractivity contribution < 1.29 is 0 Å². The van der Waals surface area contributed by atoms with Crippen molar-refractivity contribution in [2.75, 3.05) is 7.05 Å². The van der Waals surface area contributed by atoms with Crippen LogP contribution >= 0.6 is 0 Å². The fourth-order valence-electron chi connectivity index (χ4n) is 2.37. The molecular formula is C11H19N3. The molecule has 0 bridgehead atoms. The van der Waals surface area contributed by atoms with Crippen molar-refractivity contribution in [1.82, 2.24) is 15.1 Å². The molecule has 0 aliphatic heterocycles. The highest BCUT2D eigenvalue weighted by atomic mass is 15.2. The molecule has 3 nitrogen and oxygen atoms in total. The Hall–Kier alpha value is -0.830. The van der Waals surface area contributed by atoms with Gasteiger partial charge in [0.15, 0.2) is 0 Å². The van der Waals surface area contributed by atoms with Crippen molar-refractivity contribution in [1.29, 1.82) is 0 Å². The first-order valence-corrected chi connectivity index (χ1v) is 5.46. The summed E-state index contributed by atoms with van der Waals surface area (Å²) in [5, 5.41) is 7.87. The van der Waals surface area contributed by atoms with Crippen LogP contribution in [0.25, 0.3) is 0 Å². The number of hydrogen-bond acceptors (Lipinski definition) is 2. The van der Waals surface area contributed by atoms with Crippen molar-refractivity contribution in [3.63, 3.8) is 0 Å². The number of nitrogens with one attached hydrogen (secondary N) is 1. The Morgan fingerprint density at radius 2 is 2.36 bits per heavy atom. The molecule has 0 radical (unpaired) electrons. The van der Waals surface area contributed by atoms with Crippen LogP contribution in [0.4, 0.5) is 0 Å². The lowest BCUT2D eigenvalue weighted by molar-refractivity contribution is 0.350. The molecule has 2 unspecified atom stereocenters. The van der Waals surface area contributed by atoms with Gasteiger partial charge in [0.25, 0.3) is 0 Å². The summed E-state index contributed by atoms with van der Waals surface area (Å²) in [7, 11) is 4.05. The molecule has 1 heterocycles. The lowest BCUT2D eigenvalue weighted by Gasteiger charge is -2.27. The first-order chi connectivity index (χ1) is 6.79. The van der Waals surface area contributed by atoms with Gasteiger partial charge in [0, 0.05) is 25.2 Å². The molecule has 0 spiro atoms. The minimum absolute atomic E-state index is 0.669. The van der Waals surface area contributed by atoms with Crippen molar-refractivity contribution in [2.45, 2.75) is 37.6 Å². The van der Waals surface area contributed by atoms with E-state index in [1.165, 1.54) is 31.4 Å². The van der Waals surface area contributed by atoms with Crippen LogP contribution in [0.2, 0.25) is 0 Å². The van der Waals surface area contributed by atoms with Gasteiger partial charge in [0.2, 0.25) is 0 Å². The minimum atomic E-state index is 0.669. The predicted molar refractivity (Wildman–Crippen MR) is 57.3 cm³/mol. The molecule has 1 N–H and O–H groups in total. The van der Waals surface area contributed by atoms with E-state index < -0.39 is 0 Å². The number of aromatic nitrogens is 2. The molecule has 1 saturated carbocycles. The van der Waals surface area contributed by atoms with Gasteiger partial charge in [-0.15, -0.1) is 0 Å². The molecule has 0 aromatic carbocycles. The molecule has 78 valence electrons. The normalized spacial score (nSPS) is 27.9. The quantitative estimate of drug-likeness (QED) is 0.774. The number of nitrogens with zero attached hydrogens (tertiary/aromatic N) is 2. The number of aryl methyl sites for hydroxylation is 1. The van der Waals surface area contributed by atoms with Gasteiger partial charge in [0.1, 0.15) is 0 Å². The van der Waals surface area contributed by atoms with Crippen LogP contribution < -0.4 is 5.32 Å². The molecule has 1 aromatic rings. The molecule has 1 aliphatic rings. The van der Waals surface area contributed by atoms with Crippen LogP contribution in [0, 0.1) is 0 Å². The van der Waals surface area contributed by atoms with E-state index in [1.807, 2.05) is 17.9 Å². The van der Waals surface area contributed by atoms with Crippen LogP contribution in [0.3, 0.4) is 0 Å². The molecule has 1 aliphatic carbocycles. The maximum Gasteiger partial charge on any atom is 0.0655 e. The highest BCUT2D eigenvalue weighted by Gasteiger charge is 2.23. The van der Waals surface area contributed by atoms with E-state index in [-0.39, 0.29) is 0 Å². The van der Waals surface area contributed by atoms with Gasteiger partial charge >= 0.3 is 0 Å². The highest BCUT2D eigenvalue weighted by molar-refractivity contribution is 5.08. The lowest BCUT2D eigenvalue weighted by Crippen LogP contribution is -2.30. The average Bonchev–Trinajstić information content (AvgIpc) is 2.65. The van der Waals surface area contributed by atoms with Crippen LogP contribution in [-0.4, -0.2) is 22.9 Å². The van der Waals surface area contributed by atoms with Gasteiger partial charge in [-0.3, -0.25) is 4.68 Å². The topological polar surface area (TPSA) is 29.9 Å². The molecule has 3 heteroatoms. The molecule has 14 heavy (non-hydrogen) atoms. The van der Waals surface area contributed by atoms with Gasteiger partial charge in [-0.2, -0.15) is 5.10 Å². The zero-order valence-electron chi connectivity index (χ0n) is 9.03. The zero-order valence-corrected chi connectivity index (χ0v) is 9.03. The predicted octanol–water partition coefficient (Wildman–Crippen LogP) is 1.67. The van der Waals surface area contributed by atoms with E-state index in [0.29, 0.717) is 12.0 Å². The fraction of sp³-hybridized carbons (Fsp3) is 0.727. The first kappa shape index (κ1) is 9.71. The molecule has 0 saturated heterocycles. The minimum Gasteiger partial charge on any atom is -0.317 e. The lowest BCUT2D eigenvalue weighted by atomic mass is 9.84. The van der Waals surface area contributed by atoms with Crippen LogP contribution in [-0.2, 0) is 7.05 Å². The summed E-state index contributed by atoms with van der Waals surface area (Å²) in [4.78, 5) is 0. The molecule has 1 fully saturated rings. The third kappa shape index (κ3) is 1.98. The molecule has 1 aromatic heterocycles. The van der Waals surface area contributed by atoms with Crippen LogP contribution in [0.5, 0.6) is 0 Å². The van der Waals surface area contributed by atoms with Gasteiger partial charge in [-0.1, -0.05) is 6.42 Å². The maximum absolute atomic E-state index is 4.49. The maximum atomic E-state index is 4.49. The second-order valence-corrected chi connectivity index (χ2v) is 4.26. The Morgan fingerprint density at radius 3 is 3.00 bits per heavy atom. The largest absolute Gasteiger partial charge is 0.317 e. The van der Waals surface area contributed by atoms with Gasteiger partial charge < -0.3 is 5.32 Å². The summed E-state index contributed by atoms with van der Waals surface area (Å²) >= 11 is 0. The Morgan fingerprint density at radius 1 is 1.50 bits per heavy atom. The second kappa shape index (κ2) is 4.13. The summed E-state index contributed by atoms with van der Waals surface area (Å²) in [6.07, 6.45) is 7.23. The SMILES string of the molecule is CNC1CCCC(c2ccn(C)n2)C1. The molecule has 2 atom stereocenters. The second-order valence-electron chi connectivity index (χ2n) is 4.26. The van der Waals surface area contributed by atoms with Gasteiger partial charge in [0.05, 0.1) is 5.69 Å². The smallest absolute Gasteiger partial charge is 0.0655 e. The summed E-state index contributed by atoms with van der Waals surface area (Å²) in [5.74, 6) is 0.669. The van der Waals surface area contributed by atoms with E-state index >= 15 is 0 Å². The molecule has 2 rings (SSSR count). The standard InChI is InChI=1S/C11H19N3/c1-12-10-5-3-4-9(8-10)11-6-7-14(2)13-11/h6-7,9-10,12H,3-5,8H2,1-2H3. The molecular weight excluding hydrogens is 174 g/mol. The fourth-order valence-corrected chi connectivity index (χ4v) is 2.37. The Labute approximate surface area is 85.5 Å². The Kier molecular flexibility index (Phi) is 2.87. The first-order valence-electron chi connectivity index (χ1n) is 5.46. The Balaban J connectivity index is 2.04. The van der Waals surface area contributed by atoms with Gasteiger partial charge in [-0.05, 0) is 32.4 Å². The van der Waals surface area contributed by atoms with Crippen molar-refractivity contribution in [3.05, 3.63) is 18.0 Å². The number of hydrogen-bond donors (Lipinski definition) is 1. The van der Waals surface area contributed by atoms with E-state index in [2.05, 4.69) is 23.5 Å². The van der Waals surface area contributed by atoms with Crippen molar-refractivity contribution in [2.24, 2.45) is 7.05 Å². The van der Waals surface area contributed by atoms with E-state index in [1.54, 1.807) is 0 Å². The molecule has 0 amide bonds. The third-order valence-electron chi connectivity index (χ3n) is 3.23. The monoisotopic (exact) mass is 193 g/mol. The Bertz CT molecular complexity index is 292. The van der Waals surface area contributed by atoms with E-state index in [0.717, 1.165) is 0 Å². The zero-order chi connectivity index (χ0) is 9.97. The van der Waals surface area contributed by atoms with Crippen molar-refractivity contribution >= 4 is 0 Å². The van der Waals surface area contributed by atoms with E-state index in [9.17, 15) is 0 Å². The van der Waals surface area contributed by atoms with E-state index in [4.69, 9.17) is 0 Å². The van der Waals surface area contributed by atoms with Gasteiger partial charge in [-0.25, -0.2) is 0 Å².